The highest BCUT2D eigenvalue weighted by molar-refractivity contribution is 5.85. The Kier molecular flexibility index (Phi) is 8.13. The second kappa shape index (κ2) is 6.62. The van der Waals surface area contributed by atoms with Gasteiger partial charge in [0.2, 0.25) is 0 Å². The molecule has 0 saturated heterocycles. The number of ketones is 1. The maximum atomic E-state index is 10.9. The largest absolute Gasteiger partial charge is 0.322 e. The first-order valence-electron chi connectivity index (χ1n) is 3.82. The molecule has 0 heterocycles. The topological polar surface area (TPSA) is 43.1 Å². The van der Waals surface area contributed by atoms with Crippen molar-refractivity contribution < 1.29 is 4.79 Å². The molecular weight excluding hydrogens is 162 g/mol. The molecular formula is C8H18ClNO. The van der Waals surface area contributed by atoms with E-state index in [9.17, 15) is 4.79 Å². The fraction of sp³-hybridized carbons (Fsp3) is 0.875. The van der Waals surface area contributed by atoms with E-state index in [0.29, 0.717) is 12.3 Å². The van der Waals surface area contributed by atoms with Gasteiger partial charge in [-0.2, -0.15) is 0 Å². The molecule has 0 aliphatic carbocycles. The van der Waals surface area contributed by atoms with Crippen LogP contribution >= 0.6 is 12.4 Å². The van der Waals surface area contributed by atoms with Gasteiger partial charge in [-0.3, -0.25) is 4.79 Å². The van der Waals surface area contributed by atoms with Crippen LogP contribution in [0, 0.1) is 5.92 Å². The monoisotopic (exact) mass is 179 g/mol. The third kappa shape index (κ3) is 7.82. The van der Waals surface area contributed by atoms with Gasteiger partial charge in [-0.25, -0.2) is 0 Å². The first kappa shape index (κ1) is 13.5. The average molecular weight is 180 g/mol. The smallest absolute Gasteiger partial charge is 0.149 e. The number of rotatable bonds is 4. The van der Waals surface area contributed by atoms with Gasteiger partial charge in [0.15, 0.2) is 0 Å². The van der Waals surface area contributed by atoms with E-state index in [1.165, 1.54) is 0 Å². The number of carbonyl (C=O) groups is 1. The predicted octanol–water partition coefficient (Wildman–Crippen LogP) is 1.76. The maximum absolute atomic E-state index is 10.9. The summed E-state index contributed by atoms with van der Waals surface area (Å²) in [5.74, 6) is 0.774. The Labute approximate surface area is 74.9 Å². The van der Waals surface area contributed by atoms with Gasteiger partial charge < -0.3 is 5.73 Å². The Morgan fingerprint density at radius 2 is 1.82 bits per heavy atom. The van der Waals surface area contributed by atoms with Crippen LogP contribution < -0.4 is 5.73 Å². The van der Waals surface area contributed by atoms with Crippen LogP contribution in [0.3, 0.4) is 0 Å². The second-order valence-corrected chi connectivity index (χ2v) is 3.19. The number of hydrogen-bond acceptors (Lipinski definition) is 2. The summed E-state index contributed by atoms with van der Waals surface area (Å²) >= 11 is 0. The molecule has 0 aromatic rings. The first-order chi connectivity index (χ1) is 4.54. The number of halogens is 1. The van der Waals surface area contributed by atoms with Crippen LogP contribution in [-0.4, -0.2) is 11.8 Å². The van der Waals surface area contributed by atoms with Crippen molar-refractivity contribution >= 4 is 18.2 Å². The van der Waals surface area contributed by atoms with Gasteiger partial charge in [-0.05, 0) is 19.3 Å². The molecule has 0 radical (unpaired) electrons. The van der Waals surface area contributed by atoms with Crippen LogP contribution in [-0.2, 0) is 4.79 Å². The minimum atomic E-state index is -0.279. The highest BCUT2D eigenvalue weighted by Crippen LogP contribution is 2.04. The van der Waals surface area contributed by atoms with Crippen LogP contribution in [0.2, 0.25) is 0 Å². The summed E-state index contributed by atoms with van der Waals surface area (Å²) in [6, 6.07) is -0.279. The van der Waals surface area contributed by atoms with E-state index < -0.39 is 0 Å². The Balaban J connectivity index is 0. The highest BCUT2D eigenvalue weighted by Gasteiger charge is 2.07. The molecule has 0 fully saturated rings. The van der Waals surface area contributed by atoms with Crippen molar-refractivity contribution in [3.05, 3.63) is 0 Å². The maximum Gasteiger partial charge on any atom is 0.149 e. The molecule has 0 aliphatic rings. The fourth-order valence-corrected chi connectivity index (χ4v) is 0.659. The molecule has 3 heteroatoms. The number of nitrogens with two attached hydrogens (primary N) is 1. The molecule has 0 saturated carbocycles. The molecule has 0 amide bonds. The standard InChI is InChI=1S/C8H17NO.ClH/c1-6(2)4-5-8(10)7(3)9;/h6-7H,4-5,9H2,1-3H3;1H. The molecule has 0 bridgehead atoms. The van der Waals surface area contributed by atoms with Crippen molar-refractivity contribution in [1.82, 2.24) is 0 Å². The third-order valence-electron chi connectivity index (χ3n) is 1.48. The Morgan fingerprint density at radius 1 is 1.36 bits per heavy atom. The Hall–Kier alpha value is -0.0800. The predicted molar refractivity (Wildman–Crippen MR) is 50.0 cm³/mol. The minimum absolute atomic E-state index is 0. The van der Waals surface area contributed by atoms with Gasteiger partial charge >= 0.3 is 0 Å². The third-order valence-corrected chi connectivity index (χ3v) is 1.48. The first-order valence-corrected chi connectivity index (χ1v) is 3.82. The molecule has 0 aromatic carbocycles. The zero-order chi connectivity index (χ0) is 8.15. The molecule has 68 valence electrons. The van der Waals surface area contributed by atoms with Gasteiger partial charge in [0, 0.05) is 6.42 Å². The summed E-state index contributed by atoms with van der Waals surface area (Å²) in [5.41, 5.74) is 5.37. The molecule has 11 heavy (non-hydrogen) atoms. The van der Waals surface area contributed by atoms with Crippen molar-refractivity contribution in [2.45, 2.75) is 39.7 Å². The van der Waals surface area contributed by atoms with Crippen molar-refractivity contribution in [2.75, 3.05) is 0 Å². The van der Waals surface area contributed by atoms with E-state index in [2.05, 4.69) is 13.8 Å². The Morgan fingerprint density at radius 3 is 2.09 bits per heavy atom. The summed E-state index contributed by atoms with van der Waals surface area (Å²) < 4.78 is 0. The van der Waals surface area contributed by atoms with E-state index in [0.717, 1.165) is 6.42 Å². The number of hydrogen-bond donors (Lipinski definition) is 1. The quantitative estimate of drug-likeness (QED) is 0.715. The Bertz CT molecular complexity index is 113. The molecule has 0 aromatic heterocycles. The summed E-state index contributed by atoms with van der Waals surface area (Å²) in [5, 5.41) is 0. The van der Waals surface area contributed by atoms with Gasteiger partial charge in [0.25, 0.3) is 0 Å². The lowest BCUT2D eigenvalue weighted by molar-refractivity contribution is -0.120. The molecule has 1 atom stereocenters. The summed E-state index contributed by atoms with van der Waals surface area (Å²) in [7, 11) is 0. The van der Waals surface area contributed by atoms with Crippen molar-refractivity contribution in [3.8, 4) is 0 Å². The fourth-order valence-electron chi connectivity index (χ4n) is 0.659. The molecule has 2 N–H and O–H groups in total. The zero-order valence-corrected chi connectivity index (χ0v) is 8.28. The second-order valence-electron chi connectivity index (χ2n) is 3.19. The van der Waals surface area contributed by atoms with Gasteiger partial charge in [0.1, 0.15) is 5.78 Å². The average Bonchev–Trinajstić information content (AvgIpc) is 1.82. The van der Waals surface area contributed by atoms with Gasteiger partial charge in [-0.1, -0.05) is 13.8 Å². The zero-order valence-electron chi connectivity index (χ0n) is 7.46. The van der Waals surface area contributed by atoms with Crippen LogP contribution in [0.25, 0.3) is 0 Å². The summed E-state index contributed by atoms with van der Waals surface area (Å²) in [6.45, 7) is 5.95. The number of carbonyl (C=O) groups excluding carboxylic acids is 1. The molecule has 0 spiro atoms. The van der Waals surface area contributed by atoms with Crippen LogP contribution in [0.15, 0.2) is 0 Å². The van der Waals surface area contributed by atoms with E-state index in [4.69, 9.17) is 5.73 Å². The van der Waals surface area contributed by atoms with Gasteiger partial charge in [-0.15, -0.1) is 12.4 Å². The minimum Gasteiger partial charge on any atom is -0.322 e. The van der Waals surface area contributed by atoms with Crippen molar-refractivity contribution in [3.63, 3.8) is 0 Å². The lowest BCUT2D eigenvalue weighted by atomic mass is 10.0. The number of Topliss-reactive ketones (excluding diaryl/α,β-unsaturated/α-hetero) is 1. The van der Waals surface area contributed by atoms with E-state index in [1.54, 1.807) is 6.92 Å². The summed E-state index contributed by atoms with van der Waals surface area (Å²) in [6.07, 6.45) is 1.59. The molecule has 1 unspecified atom stereocenters. The SMILES string of the molecule is CC(C)CCC(=O)C(C)N.Cl. The highest BCUT2D eigenvalue weighted by atomic mass is 35.5. The van der Waals surface area contributed by atoms with Crippen molar-refractivity contribution in [2.24, 2.45) is 11.7 Å². The van der Waals surface area contributed by atoms with E-state index in [-0.39, 0.29) is 24.2 Å². The lowest BCUT2D eigenvalue weighted by Crippen LogP contribution is -2.26. The molecule has 0 rings (SSSR count). The normalized spacial score (nSPS) is 12.5. The van der Waals surface area contributed by atoms with E-state index in [1.807, 2.05) is 0 Å². The van der Waals surface area contributed by atoms with E-state index >= 15 is 0 Å². The molecule has 2 nitrogen and oxygen atoms in total. The summed E-state index contributed by atoms with van der Waals surface area (Å²) in [4.78, 5) is 10.9. The molecule has 0 aliphatic heterocycles. The van der Waals surface area contributed by atoms with Crippen LogP contribution in [0.4, 0.5) is 0 Å². The van der Waals surface area contributed by atoms with Gasteiger partial charge in [0.05, 0.1) is 6.04 Å². The lowest BCUT2D eigenvalue weighted by Gasteiger charge is -2.05. The van der Waals surface area contributed by atoms with Crippen LogP contribution in [0.1, 0.15) is 33.6 Å². The van der Waals surface area contributed by atoms with Crippen LogP contribution in [0.5, 0.6) is 0 Å². The van der Waals surface area contributed by atoms with Crippen molar-refractivity contribution in [1.29, 1.82) is 0 Å².